The second-order valence-electron chi connectivity index (χ2n) is 5.76. The summed E-state index contributed by atoms with van der Waals surface area (Å²) >= 11 is 0. The van der Waals surface area contributed by atoms with E-state index in [9.17, 15) is 0 Å². The van der Waals surface area contributed by atoms with E-state index < -0.39 is 0 Å². The van der Waals surface area contributed by atoms with Crippen LogP contribution in [0.25, 0.3) is 11.3 Å². The van der Waals surface area contributed by atoms with Gasteiger partial charge in [-0.3, -0.25) is 9.67 Å². The molecule has 0 bridgehead atoms. The summed E-state index contributed by atoms with van der Waals surface area (Å²) in [7, 11) is 1.87. The monoisotopic (exact) mass is 349 g/mol. The van der Waals surface area contributed by atoms with Crippen molar-refractivity contribution in [1.82, 2.24) is 30.4 Å². The van der Waals surface area contributed by atoms with Gasteiger partial charge >= 0.3 is 0 Å². The van der Waals surface area contributed by atoms with Crippen LogP contribution in [0.5, 0.6) is 0 Å². The van der Waals surface area contributed by atoms with Gasteiger partial charge in [0.1, 0.15) is 12.2 Å². The molecule has 0 aliphatic heterocycles. The topological polar surface area (TPSA) is 80.0 Å². The molecular weight excluding hydrogens is 326 g/mol. The highest BCUT2D eigenvalue weighted by Crippen LogP contribution is 2.18. The van der Waals surface area contributed by atoms with Crippen molar-refractivity contribution in [2.75, 3.05) is 6.54 Å². The van der Waals surface area contributed by atoms with Crippen LogP contribution in [-0.2, 0) is 20.1 Å². The Balaban J connectivity index is 1.68. The van der Waals surface area contributed by atoms with E-state index in [4.69, 9.17) is 0 Å². The summed E-state index contributed by atoms with van der Waals surface area (Å²) in [4.78, 5) is 13.3. The molecule has 0 radical (unpaired) electrons. The van der Waals surface area contributed by atoms with Gasteiger partial charge in [0.25, 0.3) is 0 Å². The quantitative estimate of drug-likeness (QED) is 0.526. The van der Waals surface area contributed by atoms with Crippen LogP contribution in [0, 0.1) is 0 Å². The smallest absolute Gasteiger partial charge is 0.191 e. The molecule has 0 unspecified atom stereocenters. The van der Waals surface area contributed by atoms with E-state index in [1.54, 1.807) is 17.2 Å². The van der Waals surface area contributed by atoms with Crippen molar-refractivity contribution in [2.24, 2.45) is 12.0 Å². The Kier molecular flexibility index (Phi) is 5.92. The number of pyridine rings is 1. The average molecular weight is 349 g/mol. The summed E-state index contributed by atoms with van der Waals surface area (Å²) in [6, 6.07) is 14.2. The highest BCUT2D eigenvalue weighted by Gasteiger charge is 2.04. The molecule has 7 nitrogen and oxygen atoms in total. The van der Waals surface area contributed by atoms with E-state index in [0.29, 0.717) is 13.1 Å². The molecule has 2 N–H and O–H groups in total. The van der Waals surface area contributed by atoms with Gasteiger partial charge in [-0.1, -0.05) is 24.3 Å². The fraction of sp³-hybridized carbons (Fsp3) is 0.263. The van der Waals surface area contributed by atoms with E-state index in [1.165, 1.54) is 0 Å². The summed E-state index contributed by atoms with van der Waals surface area (Å²) in [5, 5.41) is 10.6. The van der Waals surface area contributed by atoms with Gasteiger partial charge < -0.3 is 10.6 Å². The first-order valence-electron chi connectivity index (χ1n) is 8.61. The molecule has 3 aromatic rings. The number of benzene rings is 1. The van der Waals surface area contributed by atoms with Gasteiger partial charge in [0, 0.05) is 25.4 Å². The molecule has 0 atom stereocenters. The number of aryl methyl sites for hydroxylation is 1. The third-order valence-corrected chi connectivity index (χ3v) is 3.87. The average Bonchev–Trinajstić information content (AvgIpc) is 3.10. The van der Waals surface area contributed by atoms with Crippen LogP contribution in [0.2, 0.25) is 0 Å². The van der Waals surface area contributed by atoms with Crippen molar-refractivity contribution in [1.29, 1.82) is 0 Å². The normalized spacial score (nSPS) is 11.4. The fourth-order valence-corrected chi connectivity index (χ4v) is 2.52. The molecule has 0 saturated heterocycles. The zero-order valence-corrected chi connectivity index (χ0v) is 15.1. The zero-order chi connectivity index (χ0) is 18.2. The number of nitrogens with one attached hydrogen (secondary N) is 2. The van der Waals surface area contributed by atoms with Gasteiger partial charge in [-0.2, -0.15) is 5.10 Å². The fourth-order valence-electron chi connectivity index (χ4n) is 2.52. The number of aromatic nitrogens is 4. The SMILES string of the molecule is CCNC(=NCc1cccc(-c2ccccn2)c1)NCc1ncnn1C. The highest BCUT2D eigenvalue weighted by molar-refractivity contribution is 5.79. The summed E-state index contributed by atoms with van der Waals surface area (Å²) in [5.74, 6) is 1.60. The molecule has 2 heterocycles. The largest absolute Gasteiger partial charge is 0.357 e. The van der Waals surface area contributed by atoms with E-state index in [2.05, 4.69) is 48.9 Å². The van der Waals surface area contributed by atoms with Crippen LogP contribution in [0.15, 0.2) is 60.0 Å². The molecule has 0 amide bonds. The molecule has 7 heteroatoms. The maximum atomic E-state index is 4.66. The van der Waals surface area contributed by atoms with Crippen LogP contribution in [0.3, 0.4) is 0 Å². The lowest BCUT2D eigenvalue weighted by Gasteiger charge is -2.11. The van der Waals surface area contributed by atoms with Crippen molar-refractivity contribution in [3.8, 4) is 11.3 Å². The van der Waals surface area contributed by atoms with Crippen LogP contribution in [-0.4, -0.2) is 32.3 Å². The standard InChI is InChI=1S/C19H23N7/c1-3-20-19(23-13-18-24-14-25-26(18)2)22-12-15-7-6-8-16(11-15)17-9-4-5-10-21-17/h4-11,14H,3,12-13H2,1-2H3,(H2,20,22,23). The van der Waals surface area contributed by atoms with Crippen LogP contribution >= 0.6 is 0 Å². The molecule has 0 aliphatic rings. The zero-order valence-electron chi connectivity index (χ0n) is 15.1. The second-order valence-corrected chi connectivity index (χ2v) is 5.76. The van der Waals surface area contributed by atoms with Gasteiger partial charge in [-0.25, -0.2) is 9.98 Å². The minimum absolute atomic E-state index is 0.566. The predicted octanol–water partition coefficient (Wildman–Crippen LogP) is 2.13. The summed E-state index contributed by atoms with van der Waals surface area (Å²) in [6.45, 7) is 3.98. The Morgan fingerprint density at radius 3 is 2.77 bits per heavy atom. The maximum absolute atomic E-state index is 4.66. The van der Waals surface area contributed by atoms with Gasteiger partial charge in [-0.15, -0.1) is 0 Å². The number of guanidine groups is 1. The highest BCUT2D eigenvalue weighted by atomic mass is 15.3. The van der Waals surface area contributed by atoms with Crippen molar-refractivity contribution in [3.63, 3.8) is 0 Å². The molecule has 134 valence electrons. The molecule has 3 rings (SSSR count). The van der Waals surface area contributed by atoms with Crippen LogP contribution in [0.1, 0.15) is 18.3 Å². The Hall–Kier alpha value is -3.22. The molecule has 0 fully saturated rings. The third-order valence-electron chi connectivity index (χ3n) is 3.87. The molecule has 0 aliphatic carbocycles. The Labute approximate surface area is 153 Å². The van der Waals surface area contributed by atoms with Crippen LogP contribution in [0.4, 0.5) is 0 Å². The predicted molar refractivity (Wildman–Crippen MR) is 102 cm³/mol. The van der Waals surface area contributed by atoms with Crippen molar-refractivity contribution in [3.05, 3.63) is 66.4 Å². The van der Waals surface area contributed by atoms with Gasteiger partial charge in [-0.05, 0) is 30.7 Å². The Bertz CT molecular complexity index is 855. The third kappa shape index (κ3) is 4.66. The van der Waals surface area contributed by atoms with E-state index in [0.717, 1.165) is 35.1 Å². The second kappa shape index (κ2) is 8.75. The first kappa shape index (κ1) is 17.6. The van der Waals surface area contributed by atoms with Crippen molar-refractivity contribution in [2.45, 2.75) is 20.0 Å². The minimum atomic E-state index is 0.566. The van der Waals surface area contributed by atoms with Gasteiger partial charge in [0.2, 0.25) is 0 Å². The first-order valence-corrected chi connectivity index (χ1v) is 8.61. The lowest BCUT2D eigenvalue weighted by molar-refractivity contribution is 0.673. The first-order chi connectivity index (χ1) is 12.8. The number of nitrogens with zero attached hydrogens (tertiary/aromatic N) is 5. The Morgan fingerprint density at radius 2 is 2.04 bits per heavy atom. The summed E-state index contributed by atoms with van der Waals surface area (Å²) in [5.41, 5.74) is 3.19. The molecule has 1 aromatic carbocycles. The van der Waals surface area contributed by atoms with Gasteiger partial charge in [0.15, 0.2) is 5.96 Å². The maximum Gasteiger partial charge on any atom is 0.191 e. The summed E-state index contributed by atoms with van der Waals surface area (Å²) < 4.78 is 1.74. The molecule has 26 heavy (non-hydrogen) atoms. The van der Waals surface area contributed by atoms with E-state index >= 15 is 0 Å². The van der Waals surface area contributed by atoms with Crippen molar-refractivity contribution >= 4 is 5.96 Å². The molecule has 0 saturated carbocycles. The number of hydrogen-bond acceptors (Lipinski definition) is 4. The van der Waals surface area contributed by atoms with Gasteiger partial charge in [0.05, 0.1) is 18.8 Å². The molecule has 0 spiro atoms. The molecular formula is C19H23N7. The summed E-state index contributed by atoms with van der Waals surface area (Å²) in [6.07, 6.45) is 3.35. The Morgan fingerprint density at radius 1 is 1.12 bits per heavy atom. The number of aliphatic imine (C=N–C) groups is 1. The van der Waals surface area contributed by atoms with Crippen LogP contribution < -0.4 is 10.6 Å². The number of hydrogen-bond donors (Lipinski definition) is 2. The van der Waals surface area contributed by atoms with Crippen molar-refractivity contribution < 1.29 is 0 Å². The lowest BCUT2D eigenvalue weighted by atomic mass is 10.1. The van der Waals surface area contributed by atoms with E-state index in [1.807, 2.05) is 38.2 Å². The lowest BCUT2D eigenvalue weighted by Crippen LogP contribution is -2.37. The molecule has 2 aromatic heterocycles. The van der Waals surface area contributed by atoms with E-state index in [-0.39, 0.29) is 0 Å². The minimum Gasteiger partial charge on any atom is -0.357 e. The number of rotatable bonds is 6.